The van der Waals surface area contributed by atoms with E-state index in [9.17, 15) is 0 Å². The van der Waals surface area contributed by atoms with Crippen molar-refractivity contribution in [1.82, 2.24) is 0 Å². The van der Waals surface area contributed by atoms with E-state index in [2.05, 4.69) is 54.3 Å². The molecule has 0 N–H and O–H groups in total. The van der Waals surface area contributed by atoms with Gasteiger partial charge < -0.3 is 9.47 Å². The van der Waals surface area contributed by atoms with Crippen molar-refractivity contribution in [3.8, 4) is 0 Å². The fourth-order valence-electron chi connectivity index (χ4n) is 1.78. The summed E-state index contributed by atoms with van der Waals surface area (Å²) in [5, 5.41) is 0. The van der Waals surface area contributed by atoms with Crippen LogP contribution < -0.4 is 0 Å². The second kappa shape index (κ2) is 12.2. The Hall–Kier alpha value is 0.837. The molecule has 0 heterocycles. The molecule has 0 aliphatic carbocycles. The highest BCUT2D eigenvalue weighted by Gasteiger charge is 2.31. The molecule has 2 unspecified atom stereocenters. The van der Waals surface area contributed by atoms with Crippen molar-refractivity contribution in [2.45, 2.75) is 84.2 Å². The Morgan fingerprint density at radius 1 is 0.909 bits per heavy atom. The Labute approximate surface area is 148 Å². The zero-order valence-electron chi connectivity index (χ0n) is 16.0. The molecule has 0 aliphatic heterocycles. The fourth-order valence-corrected chi connectivity index (χ4v) is 6.96. The van der Waals surface area contributed by atoms with Crippen LogP contribution in [0.25, 0.3) is 0 Å². The van der Waals surface area contributed by atoms with Crippen LogP contribution in [0.2, 0.25) is 25.2 Å². The average molecular weight is 367 g/mol. The lowest BCUT2D eigenvalue weighted by Gasteiger charge is -2.32. The van der Waals surface area contributed by atoms with Gasteiger partial charge in [0, 0.05) is 5.75 Å². The molecule has 5 heteroatoms. The van der Waals surface area contributed by atoms with E-state index in [4.69, 9.17) is 9.47 Å². The van der Waals surface area contributed by atoms with Gasteiger partial charge in [0.1, 0.15) is 5.44 Å². The van der Waals surface area contributed by atoms with Crippen LogP contribution in [0.1, 0.15) is 47.5 Å². The van der Waals surface area contributed by atoms with Crippen LogP contribution in [0.4, 0.5) is 0 Å². The van der Waals surface area contributed by atoms with Gasteiger partial charge in [-0.2, -0.15) is 0 Å². The molecular formula is C17H38O2S2Si. The van der Waals surface area contributed by atoms with Gasteiger partial charge in [0.25, 0.3) is 0 Å². The van der Waals surface area contributed by atoms with Gasteiger partial charge in [-0.1, -0.05) is 68.4 Å². The summed E-state index contributed by atoms with van der Waals surface area (Å²) in [6.45, 7) is 19.8. The summed E-state index contributed by atoms with van der Waals surface area (Å²) in [6, 6.07) is 0. The minimum atomic E-state index is -1.19. The van der Waals surface area contributed by atoms with Crippen LogP contribution >= 0.6 is 21.6 Å². The van der Waals surface area contributed by atoms with Crippen LogP contribution in [0.5, 0.6) is 0 Å². The van der Waals surface area contributed by atoms with E-state index in [0.29, 0.717) is 24.2 Å². The van der Waals surface area contributed by atoms with Crippen molar-refractivity contribution in [1.29, 1.82) is 0 Å². The third-order valence-electron chi connectivity index (χ3n) is 3.76. The molecule has 0 radical (unpaired) electrons. The Kier molecular flexibility index (Phi) is 12.7. The molecule has 22 heavy (non-hydrogen) atoms. The van der Waals surface area contributed by atoms with Crippen molar-refractivity contribution in [3.63, 3.8) is 0 Å². The third kappa shape index (κ3) is 12.3. The lowest BCUT2D eigenvalue weighted by Crippen LogP contribution is -2.34. The van der Waals surface area contributed by atoms with E-state index in [1.165, 1.54) is 18.6 Å². The standard InChI is InChI=1S/C17H38O2S2Si/c1-14(2)10-9-13-20-21-17(16(5)22(6,7)8)19-12-11-18-15(3)4/h14-17H,9-13H2,1-8H3. The summed E-state index contributed by atoms with van der Waals surface area (Å²) >= 11 is 0. The number of ether oxygens (including phenoxy) is 2. The molecule has 0 spiro atoms. The topological polar surface area (TPSA) is 18.5 Å². The first-order chi connectivity index (χ1) is 10.1. The van der Waals surface area contributed by atoms with Crippen molar-refractivity contribution >= 4 is 29.7 Å². The predicted octanol–water partition coefficient (Wildman–Crippen LogP) is 6.30. The van der Waals surface area contributed by atoms with E-state index in [0.717, 1.165) is 5.92 Å². The summed E-state index contributed by atoms with van der Waals surface area (Å²) in [7, 11) is 2.73. The quantitative estimate of drug-likeness (QED) is 0.165. The summed E-state index contributed by atoms with van der Waals surface area (Å²) in [6.07, 6.45) is 2.92. The van der Waals surface area contributed by atoms with E-state index in [1.807, 2.05) is 21.6 Å². The molecule has 0 saturated heterocycles. The Bertz CT molecular complexity index is 268. The summed E-state index contributed by atoms with van der Waals surface area (Å²) < 4.78 is 11.8. The smallest absolute Gasteiger partial charge is 0.113 e. The lowest BCUT2D eigenvalue weighted by atomic mass is 10.1. The molecule has 0 amide bonds. The molecular weight excluding hydrogens is 328 g/mol. The minimum Gasteiger partial charge on any atom is -0.376 e. The summed E-state index contributed by atoms with van der Waals surface area (Å²) in [5.74, 6) is 2.04. The Morgan fingerprint density at radius 3 is 2.00 bits per heavy atom. The van der Waals surface area contributed by atoms with Crippen molar-refractivity contribution in [2.75, 3.05) is 19.0 Å². The second-order valence-corrected chi connectivity index (χ2v) is 16.0. The van der Waals surface area contributed by atoms with Crippen LogP contribution in [0.15, 0.2) is 0 Å². The molecule has 0 rings (SSSR count). The SMILES string of the molecule is CC(C)CCCSSC(OCCOC(C)C)C(C)[Si](C)(C)C. The normalized spacial score (nSPS) is 15.5. The fraction of sp³-hybridized carbons (Fsp3) is 1.00. The third-order valence-corrected chi connectivity index (χ3v) is 9.84. The van der Waals surface area contributed by atoms with Gasteiger partial charge in [-0.15, -0.1) is 0 Å². The van der Waals surface area contributed by atoms with Crippen LogP contribution in [-0.2, 0) is 9.47 Å². The Morgan fingerprint density at radius 2 is 1.50 bits per heavy atom. The average Bonchev–Trinajstić information content (AvgIpc) is 2.38. The van der Waals surface area contributed by atoms with Crippen molar-refractivity contribution in [3.05, 3.63) is 0 Å². The van der Waals surface area contributed by atoms with Gasteiger partial charge in [-0.3, -0.25) is 0 Å². The minimum absolute atomic E-state index is 0.287. The molecule has 0 aromatic carbocycles. The molecule has 0 bridgehead atoms. The molecule has 2 atom stereocenters. The van der Waals surface area contributed by atoms with Crippen molar-refractivity contribution in [2.24, 2.45) is 5.92 Å². The van der Waals surface area contributed by atoms with Gasteiger partial charge in [0.05, 0.1) is 27.4 Å². The monoisotopic (exact) mass is 366 g/mol. The largest absolute Gasteiger partial charge is 0.376 e. The molecule has 0 fully saturated rings. The highest BCUT2D eigenvalue weighted by Crippen LogP contribution is 2.39. The van der Waals surface area contributed by atoms with Gasteiger partial charge in [-0.25, -0.2) is 0 Å². The van der Waals surface area contributed by atoms with Crippen LogP contribution in [0.3, 0.4) is 0 Å². The van der Waals surface area contributed by atoms with Gasteiger partial charge in [-0.05, 0) is 31.7 Å². The number of rotatable bonds is 13. The van der Waals surface area contributed by atoms with Gasteiger partial charge in [0.15, 0.2) is 0 Å². The first-order valence-electron chi connectivity index (χ1n) is 8.66. The predicted molar refractivity (Wildman–Crippen MR) is 108 cm³/mol. The Balaban J connectivity index is 4.17. The highest BCUT2D eigenvalue weighted by molar-refractivity contribution is 8.76. The molecule has 134 valence electrons. The van der Waals surface area contributed by atoms with E-state index >= 15 is 0 Å². The highest BCUT2D eigenvalue weighted by atomic mass is 33.1. The van der Waals surface area contributed by atoms with Crippen LogP contribution in [-0.4, -0.2) is 38.6 Å². The van der Waals surface area contributed by atoms with E-state index < -0.39 is 8.07 Å². The van der Waals surface area contributed by atoms with E-state index in [-0.39, 0.29) is 6.10 Å². The maximum absolute atomic E-state index is 6.16. The van der Waals surface area contributed by atoms with Crippen LogP contribution in [0, 0.1) is 5.92 Å². The molecule has 2 nitrogen and oxygen atoms in total. The lowest BCUT2D eigenvalue weighted by molar-refractivity contribution is 0.0115. The number of hydrogen-bond acceptors (Lipinski definition) is 4. The van der Waals surface area contributed by atoms with Gasteiger partial charge >= 0.3 is 0 Å². The zero-order chi connectivity index (χ0) is 17.2. The molecule has 0 aromatic heterocycles. The maximum atomic E-state index is 6.16. The zero-order valence-corrected chi connectivity index (χ0v) is 18.6. The summed E-state index contributed by atoms with van der Waals surface area (Å²) in [5.41, 5.74) is 0.945. The molecule has 0 aliphatic rings. The maximum Gasteiger partial charge on any atom is 0.113 e. The van der Waals surface area contributed by atoms with Gasteiger partial charge in [0.2, 0.25) is 0 Å². The van der Waals surface area contributed by atoms with E-state index in [1.54, 1.807) is 0 Å². The molecule has 0 aromatic rings. The first-order valence-corrected chi connectivity index (χ1v) is 14.6. The molecule has 0 saturated carbocycles. The second-order valence-electron chi connectivity index (χ2n) is 7.77. The van der Waals surface area contributed by atoms with Crippen molar-refractivity contribution < 1.29 is 9.47 Å². The summed E-state index contributed by atoms with van der Waals surface area (Å²) in [4.78, 5) is 0. The number of hydrogen-bond donors (Lipinski definition) is 0. The first kappa shape index (κ1) is 22.8.